The van der Waals surface area contributed by atoms with Crippen molar-refractivity contribution in [3.05, 3.63) is 87.3 Å². The van der Waals surface area contributed by atoms with Gasteiger partial charge in [0.25, 0.3) is 0 Å². The number of carboxylic acids is 1. The third-order valence-electron chi connectivity index (χ3n) is 4.01. The maximum atomic E-state index is 13.9. The fourth-order valence-corrected chi connectivity index (χ4v) is 3.10. The first-order valence-corrected chi connectivity index (χ1v) is 9.50. The third kappa shape index (κ3) is 5.49. The highest BCUT2D eigenvalue weighted by Gasteiger charge is 2.11. The summed E-state index contributed by atoms with van der Waals surface area (Å²) in [6, 6.07) is 11.3. The van der Waals surface area contributed by atoms with Crippen LogP contribution in [0.2, 0.25) is 10.0 Å². The van der Waals surface area contributed by atoms with Crippen LogP contribution in [0, 0.1) is 12.7 Å². The number of aromatic nitrogens is 1. The van der Waals surface area contributed by atoms with Crippen LogP contribution in [0.4, 0.5) is 4.39 Å². The van der Waals surface area contributed by atoms with E-state index in [1.54, 1.807) is 43.3 Å². The molecule has 3 rings (SSSR count). The molecule has 8 heteroatoms. The second-order valence-corrected chi connectivity index (χ2v) is 7.07. The highest BCUT2D eigenvalue weighted by molar-refractivity contribution is 6.32. The number of ether oxygens (including phenoxy) is 2. The third-order valence-corrected chi connectivity index (χ3v) is 4.58. The number of hydrogen-bond donors (Lipinski definition) is 1. The van der Waals surface area contributed by atoms with Gasteiger partial charge >= 0.3 is 5.97 Å². The molecule has 1 heterocycles. The van der Waals surface area contributed by atoms with Crippen molar-refractivity contribution in [1.29, 1.82) is 0 Å². The highest BCUT2D eigenvalue weighted by atomic mass is 35.5. The van der Waals surface area contributed by atoms with E-state index in [4.69, 9.17) is 37.8 Å². The van der Waals surface area contributed by atoms with E-state index in [9.17, 15) is 9.18 Å². The Kier molecular flexibility index (Phi) is 6.92. The van der Waals surface area contributed by atoms with Crippen LogP contribution in [0.5, 0.6) is 17.4 Å². The molecule has 30 heavy (non-hydrogen) atoms. The van der Waals surface area contributed by atoms with Gasteiger partial charge in [-0.1, -0.05) is 35.3 Å². The van der Waals surface area contributed by atoms with Gasteiger partial charge in [-0.05, 0) is 48.4 Å². The van der Waals surface area contributed by atoms with Gasteiger partial charge in [-0.15, -0.1) is 0 Å². The van der Waals surface area contributed by atoms with Crippen LogP contribution >= 0.6 is 23.2 Å². The van der Waals surface area contributed by atoms with E-state index in [1.165, 1.54) is 18.3 Å². The van der Waals surface area contributed by atoms with Crippen LogP contribution in [0.15, 0.2) is 54.7 Å². The van der Waals surface area contributed by atoms with Gasteiger partial charge in [-0.2, -0.15) is 0 Å². The maximum Gasteiger partial charge on any atom is 0.328 e. The average molecular weight is 448 g/mol. The highest BCUT2D eigenvalue weighted by Crippen LogP contribution is 2.34. The number of pyridine rings is 1. The molecule has 3 aromatic rings. The SMILES string of the molecule is Cc1cc(C=CC(=O)O)cc(Cl)c1Oc1ccc(OCc2cccc(Cl)c2F)cn1. The molecule has 5 nitrogen and oxygen atoms in total. The maximum absolute atomic E-state index is 13.9. The predicted octanol–water partition coefficient (Wildman–Crippen LogP) is 6.31. The Morgan fingerprint density at radius 1 is 1.20 bits per heavy atom. The number of carboxylic acid groups (broad SMARTS) is 1. The summed E-state index contributed by atoms with van der Waals surface area (Å²) in [5, 5.41) is 9.08. The van der Waals surface area contributed by atoms with Crippen LogP contribution in [0.3, 0.4) is 0 Å². The Morgan fingerprint density at radius 3 is 2.67 bits per heavy atom. The van der Waals surface area contributed by atoms with Crippen molar-refractivity contribution in [2.45, 2.75) is 13.5 Å². The quantitative estimate of drug-likeness (QED) is 0.430. The zero-order valence-corrected chi connectivity index (χ0v) is 17.2. The Balaban J connectivity index is 1.68. The first kappa shape index (κ1) is 21.6. The number of carbonyl (C=O) groups is 1. The first-order valence-electron chi connectivity index (χ1n) is 8.74. The van der Waals surface area contributed by atoms with Gasteiger partial charge in [0.15, 0.2) is 5.75 Å². The Bertz CT molecular complexity index is 1080. The fraction of sp³-hybridized carbons (Fsp3) is 0.0909. The normalized spacial score (nSPS) is 10.9. The molecule has 0 aliphatic carbocycles. The molecule has 0 spiro atoms. The molecule has 0 radical (unpaired) electrons. The van der Waals surface area contributed by atoms with E-state index in [2.05, 4.69) is 4.98 Å². The molecular weight excluding hydrogens is 432 g/mol. The van der Waals surface area contributed by atoms with Gasteiger partial charge in [0.1, 0.15) is 18.2 Å². The Morgan fingerprint density at radius 2 is 2.00 bits per heavy atom. The number of halogens is 3. The van der Waals surface area contributed by atoms with Gasteiger partial charge < -0.3 is 14.6 Å². The van der Waals surface area contributed by atoms with Crippen LogP contribution < -0.4 is 9.47 Å². The molecular formula is C22H16Cl2FNO4. The van der Waals surface area contributed by atoms with E-state index in [1.807, 2.05) is 0 Å². The van der Waals surface area contributed by atoms with Crippen LogP contribution in [-0.2, 0) is 11.4 Å². The molecule has 0 saturated carbocycles. The molecule has 0 fully saturated rings. The zero-order chi connectivity index (χ0) is 21.7. The van der Waals surface area contributed by atoms with Gasteiger partial charge in [-0.3, -0.25) is 0 Å². The van der Waals surface area contributed by atoms with Gasteiger partial charge in [-0.25, -0.2) is 14.2 Å². The minimum Gasteiger partial charge on any atom is -0.487 e. The van der Waals surface area contributed by atoms with Gasteiger partial charge in [0.2, 0.25) is 5.88 Å². The van der Waals surface area contributed by atoms with Crippen LogP contribution in [0.25, 0.3) is 6.08 Å². The van der Waals surface area contributed by atoms with Crippen molar-refractivity contribution < 1.29 is 23.8 Å². The molecule has 0 aliphatic heterocycles. The number of benzene rings is 2. The number of aryl methyl sites for hydroxylation is 1. The summed E-state index contributed by atoms with van der Waals surface area (Å²) in [7, 11) is 0. The van der Waals surface area contributed by atoms with Gasteiger partial charge in [0, 0.05) is 17.7 Å². The van der Waals surface area contributed by atoms with Crippen molar-refractivity contribution in [3.8, 4) is 17.4 Å². The number of aliphatic carboxylic acids is 1. The largest absolute Gasteiger partial charge is 0.487 e. The van der Waals surface area contributed by atoms with Crippen molar-refractivity contribution >= 4 is 35.2 Å². The summed E-state index contributed by atoms with van der Waals surface area (Å²) in [4.78, 5) is 14.8. The minimum atomic E-state index is -1.05. The van der Waals surface area contributed by atoms with Crippen molar-refractivity contribution in [3.63, 3.8) is 0 Å². The second-order valence-electron chi connectivity index (χ2n) is 6.26. The topological polar surface area (TPSA) is 68.7 Å². The molecule has 0 bridgehead atoms. The lowest BCUT2D eigenvalue weighted by molar-refractivity contribution is -0.131. The standard InChI is InChI=1S/C22H16Cl2FNO4/c1-13-9-14(5-8-20(27)28)10-18(24)22(13)30-19-7-6-16(11-26-19)29-12-15-3-2-4-17(23)21(15)25/h2-11H,12H2,1H3,(H,27,28). The number of nitrogens with zero attached hydrogens (tertiary/aromatic N) is 1. The van der Waals surface area contributed by atoms with Crippen molar-refractivity contribution in [2.75, 3.05) is 0 Å². The van der Waals surface area contributed by atoms with E-state index >= 15 is 0 Å². The minimum absolute atomic E-state index is 0.00450. The monoisotopic (exact) mass is 447 g/mol. The van der Waals surface area contributed by atoms with E-state index in [-0.39, 0.29) is 17.5 Å². The lowest BCUT2D eigenvalue weighted by Crippen LogP contribution is -1.99. The summed E-state index contributed by atoms with van der Waals surface area (Å²) in [5.74, 6) is -0.437. The molecule has 1 N–H and O–H groups in total. The lowest BCUT2D eigenvalue weighted by atomic mass is 10.1. The summed E-state index contributed by atoms with van der Waals surface area (Å²) < 4.78 is 25.2. The molecule has 2 aromatic carbocycles. The lowest BCUT2D eigenvalue weighted by Gasteiger charge is -2.12. The Hall–Kier alpha value is -3.09. The van der Waals surface area contributed by atoms with Gasteiger partial charge in [0.05, 0.1) is 16.2 Å². The van der Waals surface area contributed by atoms with Crippen LogP contribution in [-0.4, -0.2) is 16.1 Å². The number of hydrogen-bond acceptors (Lipinski definition) is 4. The summed E-state index contributed by atoms with van der Waals surface area (Å²) in [5.41, 5.74) is 1.69. The predicted molar refractivity (Wildman–Crippen MR) is 113 cm³/mol. The molecule has 0 amide bonds. The summed E-state index contributed by atoms with van der Waals surface area (Å²) in [6.45, 7) is 1.79. The molecule has 0 aliphatic rings. The van der Waals surface area contributed by atoms with E-state index in [0.717, 1.165) is 6.08 Å². The zero-order valence-electron chi connectivity index (χ0n) is 15.7. The van der Waals surface area contributed by atoms with E-state index < -0.39 is 11.8 Å². The number of rotatable bonds is 7. The second kappa shape index (κ2) is 9.61. The molecule has 0 saturated heterocycles. The van der Waals surface area contributed by atoms with Crippen molar-refractivity contribution in [2.24, 2.45) is 0 Å². The summed E-state index contributed by atoms with van der Waals surface area (Å²) in [6.07, 6.45) is 3.92. The fourth-order valence-electron chi connectivity index (χ4n) is 2.59. The molecule has 0 atom stereocenters. The smallest absolute Gasteiger partial charge is 0.328 e. The van der Waals surface area contributed by atoms with E-state index in [0.29, 0.717) is 33.2 Å². The van der Waals surface area contributed by atoms with Crippen molar-refractivity contribution in [1.82, 2.24) is 4.98 Å². The molecule has 1 aromatic heterocycles. The average Bonchev–Trinajstić information content (AvgIpc) is 2.71. The van der Waals surface area contributed by atoms with Crippen LogP contribution in [0.1, 0.15) is 16.7 Å². The molecule has 0 unspecified atom stereocenters. The first-order chi connectivity index (χ1) is 14.3. The molecule has 154 valence electrons. The Labute approximate surface area is 182 Å². The summed E-state index contributed by atoms with van der Waals surface area (Å²) >= 11 is 12.0.